The van der Waals surface area contributed by atoms with Gasteiger partial charge < -0.3 is 34.0 Å². The number of hydrogen-bond donors (Lipinski definition) is 2. The number of rotatable bonds is 6. The summed E-state index contributed by atoms with van der Waals surface area (Å²) in [6.45, 7) is 5.54. The summed E-state index contributed by atoms with van der Waals surface area (Å²) in [5.74, 6) is 0.629. The molecule has 1 fully saturated rings. The Kier molecular flexibility index (Phi) is 6.25. The third-order valence-electron chi connectivity index (χ3n) is 6.28. The third kappa shape index (κ3) is 5.16. The van der Waals surface area contributed by atoms with Gasteiger partial charge in [-0.15, -0.1) is 0 Å². The van der Waals surface area contributed by atoms with Crippen LogP contribution < -0.4 is 15.0 Å². The molecule has 2 aliphatic rings. The summed E-state index contributed by atoms with van der Waals surface area (Å²) in [5.41, 5.74) is 1.93. The first-order valence-corrected chi connectivity index (χ1v) is 12.0. The fourth-order valence-electron chi connectivity index (χ4n) is 4.55. The molecule has 2 aliphatic heterocycles. The number of halogens is 2. The lowest BCUT2D eigenvalue weighted by Crippen LogP contribution is -2.65. The summed E-state index contributed by atoms with van der Waals surface area (Å²) < 4.78 is 23.4. The lowest BCUT2D eigenvalue weighted by atomic mass is 9.99. The number of ether oxygens (including phenoxy) is 3. The van der Waals surface area contributed by atoms with Crippen LogP contribution in [0.3, 0.4) is 0 Å². The molecule has 0 spiro atoms. The molecule has 10 heteroatoms. The molecule has 186 valence electrons. The SMILES string of the molecule is CC1(C)OCC(CN2CCc3cc(OCc4cc5c(Cl)cc(Cl)cc5o4)ccc32)(NC(=O)O)CO1. The number of carboxylic acid groups (broad SMARTS) is 1. The van der Waals surface area contributed by atoms with Crippen LogP contribution in [0.1, 0.15) is 25.2 Å². The highest BCUT2D eigenvalue weighted by molar-refractivity contribution is 6.38. The quantitative estimate of drug-likeness (QED) is 0.444. The van der Waals surface area contributed by atoms with E-state index in [0.29, 0.717) is 27.9 Å². The van der Waals surface area contributed by atoms with Crippen LogP contribution in [0.2, 0.25) is 10.0 Å². The van der Waals surface area contributed by atoms with E-state index in [9.17, 15) is 9.90 Å². The van der Waals surface area contributed by atoms with Crippen LogP contribution in [-0.2, 0) is 22.5 Å². The van der Waals surface area contributed by atoms with Gasteiger partial charge in [0.1, 0.15) is 29.2 Å². The Morgan fingerprint density at radius 2 is 1.94 bits per heavy atom. The van der Waals surface area contributed by atoms with Gasteiger partial charge in [0.25, 0.3) is 0 Å². The fraction of sp³-hybridized carbons (Fsp3) is 0.400. The minimum absolute atomic E-state index is 0.228. The Morgan fingerprint density at radius 1 is 1.17 bits per heavy atom. The highest BCUT2D eigenvalue weighted by Crippen LogP contribution is 2.35. The molecule has 0 bridgehead atoms. The van der Waals surface area contributed by atoms with E-state index >= 15 is 0 Å². The van der Waals surface area contributed by atoms with E-state index in [0.717, 1.165) is 35.4 Å². The van der Waals surface area contributed by atoms with E-state index < -0.39 is 17.4 Å². The van der Waals surface area contributed by atoms with Crippen molar-refractivity contribution in [1.82, 2.24) is 5.32 Å². The summed E-state index contributed by atoms with van der Waals surface area (Å²) in [5, 5.41) is 13.9. The molecule has 0 aliphatic carbocycles. The molecule has 2 aromatic carbocycles. The zero-order valence-corrected chi connectivity index (χ0v) is 20.9. The molecule has 0 radical (unpaired) electrons. The highest BCUT2D eigenvalue weighted by Gasteiger charge is 2.43. The van der Waals surface area contributed by atoms with Crippen molar-refractivity contribution < 1.29 is 28.5 Å². The number of anilines is 1. The number of furan rings is 1. The number of fused-ring (bicyclic) bond motifs is 2. The molecule has 8 nitrogen and oxygen atoms in total. The molecule has 0 atom stereocenters. The van der Waals surface area contributed by atoms with Crippen LogP contribution in [0.15, 0.2) is 40.8 Å². The van der Waals surface area contributed by atoms with Gasteiger partial charge in [0.2, 0.25) is 0 Å². The van der Waals surface area contributed by atoms with Crippen molar-refractivity contribution in [2.75, 3.05) is 31.2 Å². The van der Waals surface area contributed by atoms with Crippen LogP contribution in [0.25, 0.3) is 11.0 Å². The number of carbonyl (C=O) groups is 1. The highest BCUT2D eigenvalue weighted by atomic mass is 35.5. The van der Waals surface area contributed by atoms with Gasteiger partial charge in [0.05, 0.1) is 18.2 Å². The van der Waals surface area contributed by atoms with Crippen LogP contribution in [0, 0.1) is 0 Å². The number of amides is 1. The largest absolute Gasteiger partial charge is 0.486 e. The number of benzene rings is 2. The van der Waals surface area contributed by atoms with E-state index in [1.54, 1.807) is 12.1 Å². The summed E-state index contributed by atoms with van der Waals surface area (Å²) in [6.07, 6.45) is -0.282. The second kappa shape index (κ2) is 9.09. The van der Waals surface area contributed by atoms with Crippen molar-refractivity contribution in [2.24, 2.45) is 0 Å². The monoisotopic (exact) mass is 520 g/mol. The van der Waals surface area contributed by atoms with Crippen molar-refractivity contribution in [3.63, 3.8) is 0 Å². The molecule has 1 amide bonds. The van der Waals surface area contributed by atoms with Crippen LogP contribution in [0.5, 0.6) is 5.75 Å². The number of nitrogens with one attached hydrogen (secondary N) is 1. The van der Waals surface area contributed by atoms with Gasteiger partial charge in [-0.2, -0.15) is 0 Å². The first-order chi connectivity index (χ1) is 16.6. The molecule has 0 unspecified atom stereocenters. The average Bonchev–Trinajstić information content (AvgIpc) is 3.38. The standard InChI is InChI=1S/C25H26Cl2N2O6/c1-24(2)33-13-25(14-34-24,28-23(30)31)12-29-6-5-15-7-17(3-4-21(15)29)32-11-18-10-19-20(27)8-16(26)9-22(19)35-18/h3-4,7-10,28H,5-6,11-14H2,1-2H3,(H,30,31). The van der Waals surface area contributed by atoms with Crippen molar-refractivity contribution >= 4 is 46.0 Å². The summed E-state index contributed by atoms with van der Waals surface area (Å²) in [4.78, 5) is 13.7. The van der Waals surface area contributed by atoms with Gasteiger partial charge in [-0.25, -0.2) is 4.79 Å². The summed E-state index contributed by atoms with van der Waals surface area (Å²) in [7, 11) is 0. The fourth-order valence-corrected chi connectivity index (χ4v) is 5.08. The van der Waals surface area contributed by atoms with Crippen LogP contribution in [0.4, 0.5) is 10.5 Å². The predicted molar refractivity (Wildman–Crippen MR) is 133 cm³/mol. The molecule has 3 aromatic rings. The smallest absolute Gasteiger partial charge is 0.405 e. The van der Waals surface area contributed by atoms with Crippen molar-refractivity contribution in [2.45, 2.75) is 38.2 Å². The Morgan fingerprint density at radius 3 is 2.69 bits per heavy atom. The molecule has 0 saturated carbocycles. The topological polar surface area (TPSA) is 93.4 Å². The summed E-state index contributed by atoms with van der Waals surface area (Å²) >= 11 is 12.3. The first-order valence-electron chi connectivity index (χ1n) is 11.3. The van der Waals surface area contributed by atoms with E-state index in [1.807, 2.05) is 38.1 Å². The summed E-state index contributed by atoms with van der Waals surface area (Å²) in [6, 6.07) is 11.2. The number of nitrogens with zero attached hydrogens (tertiary/aromatic N) is 1. The average molecular weight is 521 g/mol. The van der Waals surface area contributed by atoms with E-state index in [-0.39, 0.29) is 19.8 Å². The minimum Gasteiger partial charge on any atom is -0.486 e. The van der Waals surface area contributed by atoms with Gasteiger partial charge in [-0.1, -0.05) is 23.2 Å². The Bertz CT molecular complexity index is 1260. The van der Waals surface area contributed by atoms with Gasteiger partial charge in [-0.05, 0) is 56.2 Å². The van der Waals surface area contributed by atoms with Crippen molar-refractivity contribution in [3.05, 3.63) is 57.8 Å². The van der Waals surface area contributed by atoms with Gasteiger partial charge >= 0.3 is 6.09 Å². The molecule has 2 N–H and O–H groups in total. The zero-order valence-electron chi connectivity index (χ0n) is 19.4. The van der Waals surface area contributed by atoms with Gasteiger partial charge in [0, 0.05) is 35.3 Å². The minimum atomic E-state index is -1.10. The van der Waals surface area contributed by atoms with Gasteiger partial charge in [0.15, 0.2) is 5.79 Å². The third-order valence-corrected chi connectivity index (χ3v) is 6.82. The van der Waals surface area contributed by atoms with Gasteiger partial charge in [-0.3, -0.25) is 0 Å². The maximum absolute atomic E-state index is 11.5. The molecular formula is C25H26Cl2N2O6. The van der Waals surface area contributed by atoms with Crippen molar-refractivity contribution in [1.29, 1.82) is 0 Å². The van der Waals surface area contributed by atoms with E-state index in [2.05, 4.69) is 10.2 Å². The van der Waals surface area contributed by atoms with Crippen LogP contribution >= 0.6 is 23.2 Å². The van der Waals surface area contributed by atoms with E-state index in [4.69, 9.17) is 41.8 Å². The first kappa shape index (κ1) is 24.1. The Hall–Kier alpha value is -2.65. The number of hydrogen-bond acceptors (Lipinski definition) is 6. The molecule has 3 heterocycles. The lowest BCUT2D eigenvalue weighted by molar-refractivity contribution is -0.268. The maximum atomic E-state index is 11.5. The predicted octanol–water partition coefficient (Wildman–Crippen LogP) is 5.47. The lowest BCUT2D eigenvalue weighted by Gasteiger charge is -2.45. The second-order valence-corrected chi connectivity index (χ2v) is 10.3. The second-order valence-electron chi connectivity index (χ2n) is 9.45. The molecule has 35 heavy (non-hydrogen) atoms. The Balaban J connectivity index is 1.27. The van der Waals surface area contributed by atoms with E-state index in [1.165, 1.54) is 0 Å². The molecular weight excluding hydrogens is 495 g/mol. The van der Waals surface area contributed by atoms with Crippen molar-refractivity contribution in [3.8, 4) is 5.75 Å². The Labute approximate surface area is 212 Å². The zero-order chi connectivity index (χ0) is 24.8. The molecule has 1 aromatic heterocycles. The normalized spacial score (nSPS) is 18.5. The van der Waals surface area contributed by atoms with Crippen LogP contribution in [-0.4, -0.2) is 48.8 Å². The molecule has 5 rings (SSSR count). The molecule has 1 saturated heterocycles. The maximum Gasteiger partial charge on any atom is 0.405 e.